The number of rotatable bonds is 6. The van der Waals surface area contributed by atoms with Gasteiger partial charge in [0.05, 0.1) is 42.5 Å². The van der Waals surface area contributed by atoms with Crippen molar-refractivity contribution in [3.63, 3.8) is 0 Å². The first-order chi connectivity index (χ1) is 11.2. The number of nitrogens with zero attached hydrogens (tertiary/aromatic N) is 3. The number of aryl methyl sites for hydroxylation is 1. The second-order valence-electron chi connectivity index (χ2n) is 6.05. The predicted octanol–water partition coefficient (Wildman–Crippen LogP) is 1.29. The summed E-state index contributed by atoms with van der Waals surface area (Å²) in [7, 11) is 0. The SMILES string of the molecule is CCOCCC(=O)N1C[C@@H]2OCCN(Cc3csc(C)n3)[C@H]2C1. The van der Waals surface area contributed by atoms with Gasteiger partial charge in [-0.15, -0.1) is 11.3 Å². The molecule has 2 saturated heterocycles. The molecule has 23 heavy (non-hydrogen) atoms. The molecule has 0 unspecified atom stereocenters. The molecule has 2 fully saturated rings. The number of aromatic nitrogens is 1. The Morgan fingerprint density at radius 1 is 1.52 bits per heavy atom. The van der Waals surface area contributed by atoms with Gasteiger partial charge in [-0.2, -0.15) is 0 Å². The fraction of sp³-hybridized carbons (Fsp3) is 0.750. The zero-order valence-electron chi connectivity index (χ0n) is 13.9. The van der Waals surface area contributed by atoms with E-state index in [0.717, 1.165) is 36.9 Å². The van der Waals surface area contributed by atoms with Gasteiger partial charge in [-0.1, -0.05) is 0 Å². The number of thiazole rings is 1. The van der Waals surface area contributed by atoms with Gasteiger partial charge in [-0.3, -0.25) is 9.69 Å². The van der Waals surface area contributed by atoms with Crippen LogP contribution in [0.25, 0.3) is 0 Å². The van der Waals surface area contributed by atoms with E-state index in [1.54, 1.807) is 11.3 Å². The first kappa shape index (κ1) is 16.8. The van der Waals surface area contributed by atoms with Crippen LogP contribution in [0.1, 0.15) is 24.0 Å². The van der Waals surface area contributed by atoms with Crippen LogP contribution < -0.4 is 0 Å². The summed E-state index contributed by atoms with van der Waals surface area (Å²) in [5, 5.41) is 3.23. The molecular formula is C16H25N3O3S. The minimum atomic E-state index is 0.125. The van der Waals surface area contributed by atoms with Crippen LogP contribution in [0, 0.1) is 6.92 Å². The molecule has 0 bridgehead atoms. The van der Waals surface area contributed by atoms with Crippen molar-refractivity contribution in [1.29, 1.82) is 0 Å². The van der Waals surface area contributed by atoms with Crippen molar-refractivity contribution in [1.82, 2.24) is 14.8 Å². The smallest absolute Gasteiger partial charge is 0.225 e. The van der Waals surface area contributed by atoms with Crippen molar-refractivity contribution in [2.45, 2.75) is 39.0 Å². The molecule has 3 rings (SSSR count). The zero-order chi connectivity index (χ0) is 16.2. The number of carbonyl (C=O) groups excluding carboxylic acids is 1. The lowest BCUT2D eigenvalue weighted by atomic mass is 10.1. The van der Waals surface area contributed by atoms with Gasteiger partial charge in [0, 0.05) is 38.2 Å². The van der Waals surface area contributed by atoms with Crippen LogP contribution in [-0.2, 0) is 20.8 Å². The van der Waals surface area contributed by atoms with Gasteiger partial charge in [0.2, 0.25) is 5.91 Å². The Labute approximate surface area is 141 Å². The van der Waals surface area contributed by atoms with Gasteiger partial charge in [0.15, 0.2) is 0 Å². The Morgan fingerprint density at radius 2 is 2.39 bits per heavy atom. The van der Waals surface area contributed by atoms with Gasteiger partial charge >= 0.3 is 0 Å². The fourth-order valence-electron chi connectivity index (χ4n) is 3.31. The highest BCUT2D eigenvalue weighted by Gasteiger charge is 2.41. The minimum absolute atomic E-state index is 0.125. The molecule has 0 aliphatic carbocycles. The molecule has 1 amide bonds. The number of likely N-dealkylation sites (tertiary alicyclic amines) is 1. The summed E-state index contributed by atoms with van der Waals surface area (Å²) in [4.78, 5) is 21.2. The third-order valence-electron chi connectivity index (χ3n) is 4.47. The molecule has 128 valence electrons. The first-order valence-electron chi connectivity index (χ1n) is 8.29. The molecular weight excluding hydrogens is 314 g/mol. The van der Waals surface area contributed by atoms with E-state index in [9.17, 15) is 4.79 Å². The Morgan fingerprint density at radius 3 is 3.13 bits per heavy atom. The molecule has 1 aromatic rings. The summed E-state index contributed by atoms with van der Waals surface area (Å²) in [5.41, 5.74) is 1.12. The summed E-state index contributed by atoms with van der Waals surface area (Å²) in [5.74, 6) is 0.168. The average Bonchev–Trinajstić information content (AvgIpc) is 3.14. The highest BCUT2D eigenvalue weighted by molar-refractivity contribution is 7.09. The quantitative estimate of drug-likeness (QED) is 0.731. The number of ether oxygens (including phenoxy) is 2. The number of hydrogen-bond acceptors (Lipinski definition) is 6. The summed E-state index contributed by atoms with van der Waals surface area (Å²) in [6.45, 7) is 9.05. The van der Waals surface area contributed by atoms with Gasteiger partial charge in [0.1, 0.15) is 0 Å². The fourth-order valence-corrected chi connectivity index (χ4v) is 3.91. The van der Waals surface area contributed by atoms with Crippen LogP contribution in [-0.4, -0.2) is 72.3 Å². The molecule has 2 atom stereocenters. The molecule has 0 radical (unpaired) electrons. The molecule has 0 saturated carbocycles. The van der Waals surface area contributed by atoms with Crippen LogP contribution in [0.2, 0.25) is 0 Å². The number of fused-ring (bicyclic) bond motifs is 1. The predicted molar refractivity (Wildman–Crippen MR) is 88.5 cm³/mol. The Hall–Kier alpha value is -1.02. The standard InChI is InChI=1S/C16H25N3O3S/c1-3-21-6-4-16(20)19-9-14-15(10-19)22-7-5-18(14)8-13-11-23-12(2)17-13/h11,14-15H,3-10H2,1-2H3/t14-,15-/m0/s1. The topological polar surface area (TPSA) is 54.9 Å². The van der Waals surface area contributed by atoms with E-state index >= 15 is 0 Å². The van der Waals surface area contributed by atoms with Crippen LogP contribution >= 0.6 is 11.3 Å². The molecule has 0 spiro atoms. The second-order valence-corrected chi connectivity index (χ2v) is 7.11. The lowest BCUT2D eigenvalue weighted by Crippen LogP contribution is -2.50. The molecule has 1 aromatic heterocycles. The number of morpholine rings is 1. The molecule has 0 aromatic carbocycles. The van der Waals surface area contributed by atoms with Crippen LogP contribution in [0.4, 0.5) is 0 Å². The zero-order valence-corrected chi connectivity index (χ0v) is 14.7. The van der Waals surface area contributed by atoms with E-state index in [2.05, 4.69) is 15.3 Å². The number of carbonyl (C=O) groups is 1. The first-order valence-corrected chi connectivity index (χ1v) is 9.17. The van der Waals surface area contributed by atoms with E-state index in [4.69, 9.17) is 9.47 Å². The number of amides is 1. The lowest BCUT2D eigenvalue weighted by molar-refractivity contribution is -0.131. The lowest BCUT2D eigenvalue weighted by Gasteiger charge is -2.36. The van der Waals surface area contributed by atoms with Crippen molar-refractivity contribution < 1.29 is 14.3 Å². The maximum atomic E-state index is 12.3. The summed E-state index contributed by atoms with van der Waals surface area (Å²) >= 11 is 1.69. The minimum Gasteiger partial charge on any atom is -0.381 e. The van der Waals surface area contributed by atoms with E-state index in [1.807, 2.05) is 18.7 Å². The van der Waals surface area contributed by atoms with Crippen molar-refractivity contribution in [2.75, 3.05) is 39.5 Å². The van der Waals surface area contributed by atoms with E-state index in [1.165, 1.54) is 0 Å². The second kappa shape index (κ2) is 7.70. The average molecular weight is 339 g/mol. The molecule has 2 aliphatic rings. The number of hydrogen-bond donors (Lipinski definition) is 0. The maximum Gasteiger partial charge on any atom is 0.225 e. The molecule has 6 nitrogen and oxygen atoms in total. The van der Waals surface area contributed by atoms with E-state index in [-0.39, 0.29) is 18.1 Å². The summed E-state index contributed by atoms with van der Waals surface area (Å²) < 4.78 is 11.2. The van der Waals surface area contributed by atoms with Crippen LogP contribution in [0.5, 0.6) is 0 Å². The van der Waals surface area contributed by atoms with Crippen LogP contribution in [0.15, 0.2) is 5.38 Å². The van der Waals surface area contributed by atoms with Gasteiger partial charge in [-0.05, 0) is 13.8 Å². The molecule has 2 aliphatic heterocycles. The highest BCUT2D eigenvalue weighted by Crippen LogP contribution is 2.25. The van der Waals surface area contributed by atoms with Crippen LogP contribution in [0.3, 0.4) is 0 Å². The monoisotopic (exact) mass is 339 g/mol. The summed E-state index contributed by atoms with van der Waals surface area (Å²) in [6, 6.07) is 0.279. The van der Waals surface area contributed by atoms with Crippen molar-refractivity contribution in [3.8, 4) is 0 Å². The largest absolute Gasteiger partial charge is 0.381 e. The third-order valence-corrected chi connectivity index (χ3v) is 5.29. The van der Waals surface area contributed by atoms with Gasteiger partial charge in [0.25, 0.3) is 0 Å². The molecule has 3 heterocycles. The Balaban J connectivity index is 1.57. The Bertz CT molecular complexity index is 536. The maximum absolute atomic E-state index is 12.3. The Kier molecular flexibility index (Phi) is 5.63. The van der Waals surface area contributed by atoms with E-state index in [0.29, 0.717) is 26.2 Å². The van der Waals surface area contributed by atoms with Crippen molar-refractivity contribution in [2.24, 2.45) is 0 Å². The van der Waals surface area contributed by atoms with Crippen molar-refractivity contribution >= 4 is 17.2 Å². The molecule has 0 N–H and O–H groups in total. The molecule has 7 heteroatoms. The normalized spacial score (nSPS) is 24.9. The highest BCUT2D eigenvalue weighted by atomic mass is 32.1. The van der Waals surface area contributed by atoms with Gasteiger partial charge < -0.3 is 14.4 Å². The van der Waals surface area contributed by atoms with Crippen molar-refractivity contribution in [3.05, 3.63) is 16.1 Å². The van der Waals surface area contributed by atoms with Gasteiger partial charge in [-0.25, -0.2) is 4.98 Å². The summed E-state index contributed by atoms with van der Waals surface area (Å²) in [6.07, 6.45) is 0.581. The van der Waals surface area contributed by atoms with E-state index < -0.39 is 0 Å². The third kappa shape index (κ3) is 4.09.